The number of pyridine rings is 1. The summed E-state index contributed by atoms with van der Waals surface area (Å²) in [6.07, 6.45) is 5.90. The van der Waals surface area contributed by atoms with Crippen LogP contribution in [0.25, 0.3) is 23.1 Å². The van der Waals surface area contributed by atoms with E-state index in [0.29, 0.717) is 24.2 Å². The number of hydrogen-bond acceptors (Lipinski definition) is 6. The average Bonchev–Trinajstić information content (AvgIpc) is 3.23. The molecule has 0 aliphatic heterocycles. The summed E-state index contributed by atoms with van der Waals surface area (Å²) >= 11 is 0. The summed E-state index contributed by atoms with van der Waals surface area (Å²) in [5.41, 5.74) is 9.89. The molecule has 0 fully saturated rings. The Morgan fingerprint density at radius 2 is 1.97 bits per heavy atom. The molecule has 0 saturated heterocycles. The van der Waals surface area contributed by atoms with Gasteiger partial charge in [-0.05, 0) is 54.6 Å². The van der Waals surface area contributed by atoms with Gasteiger partial charge in [-0.2, -0.15) is 10.4 Å². The van der Waals surface area contributed by atoms with Crippen LogP contribution in [0, 0.1) is 11.3 Å². The Hall–Kier alpha value is -4.48. The Bertz CT molecular complexity index is 1290. The van der Waals surface area contributed by atoms with Gasteiger partial charge >= 0.3 is 0 Å². The topological polar surface area (TPSA) is 119 Å². The summed E-state index contributed by atoms with van der Waals surface area (Å²) in [4.78, 5) is 16.8. The molecule has 2 heterocycles. The van der Waals surface area contributed by atoms with E-state index in [1.807, 2.05) is 66.8 Å². The fraction of sp³-hybridized carbons (Fsp3) is 0.0833. The largest absolute Gasteiger partial charge is 0.355 e. The van der Waals surface area contributed by atoms with Crippen LogP contribution in [0.15, 0.2) is 66.9 Å². The third kappa shape index (κ3) is 4.98. The fourth-order valence-electron chi connectivity index (χ4n) is 3.16. The second-order valence-corrected chi connectivity index (χ2v) is 6.92. The highest BCUT2D eigenvalue weighted by Crippen LogP contribution is 2.25. The number of aromatic amines is 1. The van der Waals surface area contributed by atoms with Crippen molar-refractivity contribution < 1.29 is 4.79 Å². The van der Waals surface area contributed by atoms with Crippen LogP contribution in [0.4, 0.5) is 11.4 Å². The Morgan fingerprint density at radius 3 is 2.81 bits per heavy atom. The molecule has 0 spiro atoms. The molecular formula is C24H21N7O. The molecule has 0 unspecified atom stereocenters. The molecule has 1 amide bonds. The van der Waals surface area contributed by atoms with Gasteiger partial charge in [0.15, 0.2) is 0 Å². The van der Waals surface area contributed by atoms with Gasteiger partial charge in [-0.25, -0.2) is 5.43 Å². The van der Waals surface area contributed by atoms with Gasteiger partial charge in [0.05, 0.1) is 34.2 Å². The molecular weight excluding hydrogens is 402 g/mol. The second-order valence-electron chi connectivity index (χ2n) is 6.92. The van der Waals surface area contributed by atoms with Crippen LogP contribution < -0.4 is 16.2 Å². The average molecular weight is 423 g/mol. The highest BCUT2D eigenvalue weighted by Gasteiger charge is 2.11. The molecule has 4 N–H and O–H groups in total. The Balaban J connectivity index is 1.50. The molecule has 0 aliphatic rings. The van der Waals surface area contributed by atoms with Gasteiger partial charge in [-0.15, -0.1) is 0 Å². The molecule has 8 nitrogen and oxygen atoms in total. The number of aromatic nitrogens is 3. The minimum absolute atomic E-state index is 0.282. The SMILES string of the molecule is N#CCCNNC(=O)c1ccccc1Nc1ccc2c(/C=C/c3ccccn3)n[nH]c2c1. The standard InChI is InChI=1S/C24H21N7O/c25-13-5-15-27-31-24(32)20-7-1-2-8-21(20)28-18-9-11-19-22(29-30-23(19)16-18)12-10-17-6-3-4-14-26-17/h1-4,6-12,14,16,27-28H,5,15H2,(H,29,30)(H,31,32)/b12-10+. The van der Waals surface area contributed by atoms with E-state index >= 15 is 0 Å². The lowest BCUT2D eigenvalue weighted by atomic mass is 10.1. The summed E-state index contributed by atoms with van der Waals surface area (Å²) in [5.74, 6) is -0.282. The zero-order valence-corrected chi connectivity index (χ0v) is 17.2. The number of carbonyl (C=O) groups is 1. The van der Waals surface area contributed by atoms with Crippen molar-refractivity contribution in [2.45, 2.75) is 6.42 Å². The maximum atomic E-state index is 12.5. The summed E-state index contributed by atoms with van der Waals surface area (Å²) in [6, 6.07) is 20.9. The minimum atomic E-state index is -0.282. The minimum Gasteiger partial charge on any atom is -0.355 e. The molecule has 2 aromatic heterocycles. The summed E-state index contributed by atoms with van der Waals surface area (Å²) < 4.78 is 0. The molecule has 8 heteroatoms. The van der Waals surface area contributed by atoms with E-state index in [1.165, 1.54) is 0 Å². The lowest BCUT2D eigenvalue weighted by Gasteiger charge is -2.12. The Morgan fingerprint density at radius 1 is 1.09 bits per heavy atom. The Kier molecular flexibility index (Phi) is 6.51. The van der Waals surface area contributed by atoms with Crippen LogP contribution in [0.3, 0.4) is 0 Å². The first-order valence-electron chi connectivity index (χ1n) is 10.1. The van der Waals surface area contributed by atoms with Crippen molar-refractivity contribution in [1.29, 1.82) is 5.26 Å². The van der Waals surface area contributed by atoms with E-state index in [-0.39, 0.29) is 5.91 Å². The molecule has 0 bridgehead atoms. The maximum absolute atomic E-state index is 12.5. The first-order chi connectivity index (χ1) is 15.7. The van der Waals surface area contributed by atoms with Crippen molar-refractivity contribution in [2.75, 3.05) is 11.9 Å². The van der Waals surface area contributed by atoms with Crippen LogP contribution >= 0.6 is 0 Å². The molecule has 0 atom stereocenters. The molecule has 2 aromatic carbocycles. The molecule has 0 radical (unpaired) electrons. The van der Waals surface area contributed by atoms with Crippen molar-refractivity contribution in [3.05, 3.63) is 83.8 Å². The number of rotatable bonds is 8. The number of fused-ring (bicyclic) bond motifs is 1. The predicted molar refractivity (Wildman–Crippen MR) is 125 cm³/mol. The summed E-state index contributed by atoms with van der Waals surface area (Å²) in [5, 5.41) is 20.3. The second kappa shape index (κ2) is 10.0. The van der Waals surface area contributed by atoms with Gasteiger partial charge in [-0.1, -0.05) is 18.2 Å². The highest BCUT2D eigenvalue weighted by atomic mass is 16.2. The monoisotopic (exact) mass is 423 g/mol. The van der Waals surface area contributed by atoms with E-state index < -0.39 is 0 Å². The Labute approximate surface area is 185 Å². The first kappa shape index (κ1) is 20.8. The third-order valence-electron chi connectivity index (χ3n) is 4.71. The first-order valence-corrected chi connectivity index (χ1v) is 10.1. The van der Waals surface area contributed by atoms with Gasteiger partial charge in [0, 0.05) is 30.2 Å². The summed E-state index contributed by atoms with van der Waals surface area (Å²) in [6.45, 7) is 0.380. The molecule has 32 heavy (non-hydrogen) atoms. The normalized spacial score (nSPS) is 10.8. The zero-order chi connectivity index (χ0) is 22.2. The number of hydrogen-bond donors (Lipinski definition) is 4. The molecule has 0 saturated carbocycles. The van der Waals surface area contributed by atoms with E-state index in [9.17, 15) is 4.79 Å². The number of nitrogens with one attached hydrogen (secondary N) is 4. The van der Waals surface area contributed by atoms with Crippen molar-refractivity contribution in [3.63, 3.8) is 0 Å². The number of amides is 1. The van der Waals surface area contributed by atoms with Crippen molar-refractivity contribution in [2.24, 2.45) is 0 Å². The molecule has 0 aliphatic carbocycles. The van der Waals surface area contributed by atoms with Crippen molar-refractivity contribution in [3.8, 4) is 6.07 Å². The lowest BCUT2D eigenvalue weighted by molar-refractivity contribution is 0.0934. The highest BCUT2D eigenvalue weighted by molar-refractivity contribution is 6.00. The van der Waals surface area contributed by atoms with E-state index in [2.05, 4.69) is 31.3 Å². The quantitative estimate of drug-likeness (QED) is 0.251. The number of nitriles is 1. The molecule has 4 aromatic rings. The number of para-hydroxylation sites is 1. The zero-order valence-electron chi connectivity index (χ0n) is 17.2. The third-order valence-corrected chi connectivity index (χ3v) is 4.71. The predicted octanol–water partition coefficient (Wildman–Crippen LogP) is 4.02. The van der Waals surface area contributed by atoms with Gasteiger partial charge in [0.1, 0.15) is 0 Å². The van der Waals surface area contributed by atoms with E-state index in [4.69, 9.17) is 5.26 Å². The van der Waals surface area contributed by atoms with Gasteiger partial charge < -0.3 is 5.32 Å². The fourth-order valence-corrected chi connectivity index (χ4v) is 3.16. The van der Waals surface area contributed by atoms with E-state index in [1.54, 1.807) is 18.3 Å². The number of nitrogens with zero attached hydrogens (tertiary/aromatic N) is 3. The molecule has 4 rings (SSSR count). The van der Waals surface area contributed by atoms with Crippen molar-refractivity contribution >= 4 is 40.3 Å². The molecule has 158 valence electrons. The van der Waals surface area contributed by atoms with Gasteiger partial charge in [0.25, 0.3) is 5.91 Å². The van der Waals surface area contributed by atoms with Crippen LogP contribution in [0.2, 0.25) is 0 Å². The van der Waals surface area contributed by atoms with Crippen LogP contribution in [0.5, 0.6) is 0 Å². The van der Waals surface area contributed by atoms with Crippen molar-refractivity contribution in [1.82, 2.24) is 26.0 Å². The maximum Gasteiger partial charge on any atom is 0.267 e. The summed E-state index contributed by atoms with van der Waals surface area (Å²) in [7, 11) is 0. The number of carbonyl (C=O) groups excluding carboxylic acids is 1. The van der Waals surface area contributed by atoms with Crippen LogP contribution in [-0.4, -0.2) is 27.6 Å². The lowest BCUT2D eigenvalue weighted by Crippen LogP contribution is -2.38. The van der Waals surface area contributed by atoms with Gasteiger partial charge in [-0.3, -0.25) is 20.3 Å². The van der Waals surface area contributed by atoms with Crippen LogP contribution in [0.1, 0.15) is 28.2 Å². The smallest absolute Gasteiger partial charge is 0.267 e. The number of hydrazine groups is 1. The van der Waals surface area contributed by atoms with E-state index in [0.717, 1.165) is 28.0 Å². The van der Waals surface area contributed by atoms with Gasteiger partial charge in [0.2, 0.25) is 0 Å². The van der Waals surface area contributed by atoms with Crippen LogP contribution in [-0.2, 0) is 0 Å². The number of anilines is 2. The number of benzene rings is 2. The number of H-pyrrole nitrogens is 1.